The van der Waals surface area contributed by atoms with Crippen LogP contribution >= 0.6 is 0 Å². The van der Waals surface area contributed by atoms with E-state index in [0.29, 0.717) is 5.56 Å². The number of aryl methyl sites for hydroxylation is 1. The predicted molar refractivity (Wildman–Crippen MR) is 84.8 cm³/mol. The molecule has 0 aromatic heterocycles. The fourth-order valence-corrected chi connectivity index (χ4v) is 2.87. The van der Waals surface area contributed by atoms with Crippen molar-refractivity contribution >= 4 is 16.1 Å². The molecule has 2 N–H and O–H groups in total. The number of carbonyl (C=O) groups excluding carboxylic acids is 1. The van der Waals surface area contributed by atoms with Crippen molar-refractivity contribution < 1.29 is 17.6 Å². The fraction of sp³-hybridized carbons (Fsp3) is 0.188. The average molecular weight is 336 g/mol. The van der Waals surface area contributed by atoms with Crippen LogP contribution in [0.15, 0.2) is 53.4 Å². The molecule has 0 heterocycles. The lowest BCUT2D eigenvalue weighted by molar-refractivity contribution is 0.243. The van der Waals surface area contributed by atoms with Crippen molar-refractivity contribution in [1.82, 2.24) is 10.0 Å². The van der Waals surface area contributed by atoms with Gasteiger partial charge in [-0.3, -0.25) is 0 Å². The first-order chi connectivity index (χ1) is 10.8. The van der Waals surface area contributed by atoms with E-state index >= 15 is 0 Å². The maximum Gasteiger partial charge on any atom is 0.329 e. The molecule has 2 aromatic carbocycles. The largest absolute Gasteiger partial charge is 0.331 e. The normalized spacial score (nSPS) is 12.5. The van der Waals surface area contributed by atoms with Crippen molar-refractivity contribution in [3.05, 3.63) is 65.5 Å². The minimum atomic E-state index is -3.93. The van der Waals surface area contributed by atoms with Gasteiger partial charge >= 0.3 is 6.03 Å². The first-order valence-electron chi connectivity index (χ1n) is 6.93. The van der Waals surface area contributed by atoms with Crippen molar-refractivity contribution in [3.63, 3.8) is 0 Å². The van der Waals surface area contributed by atoms with E-state index < -0.39 is 22.1 Å². The molecule has 0 spiro atoms. The topological polar surface area (TPSA) is 75.3 Å². The highest BCUT2D eigenvalue weighted by atomic mass is 32.2. The van der Waals surface area contributed by atoms with E-state index in [9.17, 15) is 17.6 Å². The Labute approximate surface area is 134 Å². The third kappa shape index (κ3) is 4.53. The molecule has 0 saturated heterocycles. The number of urea groups is 1. The maximum absolute atomic E-state index is 12.9. The number of benzene rings is 2. The monoisotopic (exact) mass is 336 g/mol. The van der Waals surface area contributed by atoms with Crippen molar-refractivity contribution in [2.75, 3.05) is 0 Å². The Morgan fingerprint density at radius 3 is 2.17 bits per heavy atom. The summed E-state index contributed by atoms with van der Waals surface area (Å²) in [5.41, 5.74) is 1.58. The standard InChI is InChI=1S/C16H17FN2O3S/c1-11-3-9-15(10-4-11)23(21,22)19-16(20)18-12(2)13-5-7-14(17)8-6-13/h3-10,12H,1-2H3,(H2,18,19,20)/t12-/m1/s1. The Kier molecular flexibility index (Phi) is 5.00. The van der Waals surface area contributed by atoms with Crippen molar-refractivity contribution in [3.8, 4) is 0 Å². The zero-order valence-corrected chi connectivity index (χ0v) is 13.5. The highest BCUT2D eigenvalue weighted by molar-refractivity contribution is 7.90. The van der Waals surface area contributed by atoms with Gasteiger partial charge in [0.1, 0.15) is 5.82 Å². The van der Waals surface area contributed by atoms with E-state index in [1.165, 1.54) is 36.4 Å². The van der Waals surface area contributed by atoms with Crippen LogP contribution in [-0.2, 0) is 10.0 Å². The molecule has 0 aliphatic heterocycles. The first kappa shape index (κ1) is 17.0. The number of hydrogen-bond acceptors (Lipinski definition) is 3. The Morgan fingerprint density at radius 1 is 1.04 bits per heavy atom. The van der Waals surface area contributed by atoms with Crippen molar-refractivity contribution in [2.24, 2.45) is 0 Å². The quantitative estimate of drug-likeness (QED) is 0.901. The minimum Gasteiger partial charge on any atom is -0.331 e. The summed E-state index contributed by atoms with van der Waals surface area (Å²) < 4.78 is 39.0. The summed E-state index contributed by atoms with van der Waals surface area (Å²) in [5.74, 6) is -0.382. The summed E-state index contributed by atoms with van der Waals surface area (Å²) in [4.78, 5) is 11.9. The zero-order valence-electron chi connectivity index (χ0n) is 12.7. The van der Waals surface area contributed by atoms with E-state index in [4.69, 9.17) is 0 Å². The van der Waals surface area contributed by atoms with Gasteiger partial charge in [0.15, 0.2) is 0 Å². The highest BCUT2D eigenvalue weighted by Gasteiger charge is 2.18. The van der Waals surface area contributed by atoms with Gasteiger partial charge in [0, 0.05) is 0 Å². The molecule has 2 aromatic rings. The smallest absolute Gasteiger partial charge is 0.329 e. The number of carbonyl (C=O) groups is 1. The molecule has 0 aliphatic rings. The van der Waals surface area contributed by atoms with Gasteiger partial charge in [-0.15, -0.1) is 0 Å². The molecule has 0 fully saturated rings. The second-order valence-electron chi connectivity index (χ2n) is 5.17. The number of sulfonamides is 1. The van der Waals surface area contributed by atoms with E-state index in [0.717, 1.165) is 5.56 Å². The van der Waals surface area contributed by atoms with Crippen LogP contribution in [0.2, 0.25) is 0 Å². The average Bonchev–Trinajstić information content (AvgIpc) is 2.47. The molecule has 122 valence electrons. The van der Waals surface area contributed by atoms with Crippen LogP contribution in [0, 0.1) is 12.7 Å². The lowest BCUT2D eigenvalue weighted by Gasteiger charge is -2.15. The van der Waals surface area contributed by atoms with Gasteiger partial charge in [0.25, 0.3) is 10.0 Å². The third-order valence-corrected chi connectivity index (χ3v) is 4.62. The van der Waals surface area contributed by atoms with Gasteiger partial charge < -0.3 is 5.32 Å². The third-order valence-electron chi connectivity index (χ3n) is 3.28. The molecule has 0 radical (unpaired) electrons. The van der Waals surface area contributed by atoms with Gasteiger partial charge in [-0.05, 0) is 43.7 Å². The van der Waals surface area contributed by atoms with Crippen LogP contribution in [-0.4, -0.2) is 14.4 Å². The van der Waals surface area contributed by atoms with E-state index in [2.05, 4.69) is 5.32 Å². The molecule has 0 saturated carbocycles. The molecule has 5 nitrogen and oxygen atoms in total. The Bertz CT molecular complexity index is 787. The van der Waals surface area contributed by atoms with Gasteiger partial charge in [0.2, 0.25) is 0 Å². The van der Waals surface area contributed by atoms with Crippen LogP contribution in [0.3, 0.4) is 0 Å². The second kappa shape index (κ2) is 6.78. The van der Waals surface area contributed by atoms with E-state index in [1.54, 1.807) is 19.1 Å². The van der Waals surface area contributed by atoms with Crippen LogP contribution < -0.4 is 10.0 Å². The van der Waals surface area contributed by atoms with Crippen LogP contribution in [0.4, 0.5) is 9.18 Å². The van der Waals surface area contributed by atoms with Crippen LogP contribution in [0.1, 0.15) is 24.1 Å². The molecular formula is C16H17FN2O3S. The van der Waals surface area contributed by atoms with Gasteiger partial charge in [-0.2, -0.15) is 0 Å². The number of hydrogen-bond donors (Lipinski definition) is 2. The number of amides is 2. The summed E-state index contributed by atoms with van der Waals surface area (Å²) in [7, 11) is -3.93. The fourth-order valence-electron chi connectivity index (χ4n) is 1.96. The van der Waals surface area contributed by atoms with Crippen molar-refractivity contribution in [1.29, 1.82) is 0 Å². The molecule has 7 heteroatoms. The van der Waals surface area contributed by atoms with Crippen LogP contribution in [0.25, 0.3) is 0 Å². The van der Waals surface area contributed by atoms with Crippen LogP contribution in [0.5, 0.6) is 0 Å². The van der Waals surface area contributed by atoms with Gasteiger partial charge in [-0.25, -0.2) is 22.3 Å². The lowest BCUT2D eigenvalue weighted by Crippen LogP contribution is -2.40. The Morgan fingerprint density at radius 2 is 1.61 bits per heavy atom. The molecular weight excluding hydrogens is 319 g/mol. The predicted octanol–water partition coefficient (Wildman–Crippen LogP) is 2.88. The molecule has 0 bridgehead atoms. The van der Waals surface area contributed by atoms with E-state index in [-0.39, 0.29) is 10.7 Å². The summed E-state index contributed by atoms with van der Waals surface area (Å²) in [6, 6.07) is 10.4. The first-order valence-corrected chi connectivity index (χ1v) is 8.42. The minimum absolute atomic E-state index is 0.00712. The molecule has 0 unspecified atom stereocenters. The molecule has 0 aliphatic carbocycles. The Hall–Kier alpha value is -2.41. The Balaban J connectivity index is 2.03. The summed E-state index contributed by atoms with van der Waals surface area (Å²) in [6.07, 6.45) is 0. The second-order valence-corrected chi connectivity index (χ2v) is 6.85. The molecule has 2 rings (SSSR count). The zero-order chi connectivity index (χ0) is 17.0. The summed E-state index contributed by atoms with van der Waals surface area (Å²) in [6.45, 7) is 3.51. The molecule has 2 amide bonds. The molecule has 23 heavy (non-hydrogen) atoms. The molecule has 1 atom stereocenters. The van der Waals surface area contributed by atoms with Crippen molar-refractivity contribution in [2.45, 2.75) is 24.8 Å². The summed E-state index contributed by atoms with van der Waals surface area (Å²) in [5, 5.41) is 2.50. The van der Waals surface area contributed by atoms with Gasteiger partial charge in [-0.1, -0.05) is 29.8 Å². The number of rotatable bonds is 4. The highest BCUT2D eigenvalue weighted by Crippen LogP contribution is 2.13. The van der Waals surface area contributed by atoms with Gasteiger partial charge in [0.05, 0.1) is 10.9 Å². The lowest BCUT2D eigenvalue weighted by atomic mass is 10.1. The SMILES string of the molecule is Cc1ccc(S(=O)(=O)NC(=O)N[C@H](C)c2ccc(F)cc2)cc1. The summed E-state index contributed by atoms with van der Waals surface area (Å²) >= 11 is 0. The van der Waals surface area contributed by atoms with E-state index in [1.807, 2.05) is 11.6 Å². The number of nitrogens with one attached hydrogen (secondary N) is 2. The number of halogens is 1. The maximum atomic E-state index is 12.9.